The normalized spacial score (nSPS) is 11.8. The van der Waals surface area contributed by atoms with Gasteiger partial charge in [-0.25, -0.2) is 0 Å². The molecule has 0 fully saturated rings. The van der Waals surface area contributed by atoms with Crippen molar-refractivity contribution in [3.05, 3.63) is 182 Å². The average Bonchev–Trinajstić information content (AvgIpc) is 3.19. The van der Waals surface area contributed by atoms with Crippen molar-refractivity contribution >= 4 is 55.7 Å². The second-order valence-corrected chi connectivity index (χ2v) is 11.7. The van der Waals surface area contributed by atoms with E-state index in [1.807, 2.05) is 97.1 Å². The van der Waals surface area contributed by atoms with Crippen LogP contribution in [-0.4, -0.2) is 0 Å². The molecule has 50 heavy (non-hydrogen) atoms. The number of hydrogen-bond donors (Lipinski definition) is 0. The maximum Gasteiger partial charge on any atom is 0.121 e. The van der Waals surface area contributed by atoms with Crippen molar-refractivity contribution in [1.29, 1.82) is 0 Å². The second kappa shape index (κ2) is 14.1. The topological polar surface area (TPSA) is 74.2 Å². The highest BCUT2D eigenvalue weighted by molar-refractivity contribution is 6.02. The van der Waals surface area contributed by atoms with E-state index in [-0.39, 0.29) is 0 Å². The fourth-order valence-electron chi connectivity index (χ4n) is 6.10. The third-order valence-electron chi connectivity index (χ3n) is 8.50. The Bertz CT molecular complexity index is 2350. The summed E-state index contributed by atoms with van der Waals surface area (Å²) in [7, 11) is 0. The lowest BCUT2D eigenvalue weighted by atomic mass is 9.96. The van der Waals surface area contributed by atoms with Crippen LogP contribution in [0.5, 0.6) is 0 Å². The molecule has 0 heterocycles. The summed E-state index contributed by atoms with van der Waals surface area (Å²) in [5.74, 6) is 0. The Morgan fingerprint density at radius 2 is 0.600 bits per heavy atom. The molecule has 0 aromatic heterocycles. The monoisotopic (exact) mass is 642 g/mol. The van der Waals surface area contributed by atoms with Crippen LogP contribution < -0.4 is 0 Å². The highest BCUT2D eigenvalue weighted by Gasteiger charge is 2.16. The van der Waals surface area contributed by atoms with E-state index in [0.717, 1.165) is 55.2 Å². The predicted octanol–water partition coefficient (Wildman–Crippen LogP) is 14.6. The van der Waals surface area contributed by atoms with E-state index in [2.05, 4.69) is 95.2 Å². The maximum atomic E-state index is 4.84. The first-order valence-corrected chi connectivity index (χ1v) is 16.4. The average molecular weight is 643 g/mol. The SMILES string of the molecule is c1ccc(N=Nc2c(N=Nc3cccc(-c4cccc5ccccc45)c3N=Nc3ccccc3)cccc2-c2cccc3ccccc23)cc1. The van der Waals surface area contributed by atoms with Crippen molar-refractivity contribution in [3.8, 4) is 22.3 Å². The molecule has 0 amide bonds. The van der Waals surface area contributed by atoms with Gasteiger partial charge in [-0.15, -0.1) is 20.5 Å². The van der Waals surface area contributed by atoms with Crippen molar-refractivity contribution in [2.75, 3.05) is 0 Å². The Hall–Kier alpha value is -6.92. The molecule has 0 radical (unpaired) electrons. The summed E-state index contributed by atoms with van der Waals surface area (Å²) >= 11 is 0. The van der Waals surface area contributed by atoms with Gasteiger partial charge in [0.2, 0.25) is 0 Å². The van der Waals surface area contributed by atoms with Crippen LogP contribution in [-0.2, 0) is 0 Å². The number of hydrogen-bond acceptors (Lipinski definition) is 6. The molecule has 0 aliphatic rings. The van der Waals surface area contributed by atoms with Crippen LogP contribution in [0.4, 0.5) is 34.1 Å². The van der Waals surface area contributed by atoms with Gasteiger partial charge in [0.15, 0.2) is 0 Å². The minimum Gasteiger partial charge on any atom is -0.150 e. The molecule has 0 atom stereocenters. The van der Waals surface area contributed by atoms with Gasteiger partial charge in [-0.2, -0.15) is 10.2 Å². The van der Waals surface area contributed by atoms with Crippen molar-refractivity contribution in [2.45, 2.75) is 0 Å². The molecular formula is C44H30N6. The fraction of sp³-hybridized carbons (Fsp3) is 0. The van der Waals surface area contributed by atoms with Gasteiger partial charge in [-0.1, -0.05) is 146 Å². The third-order valence-corrected chi connectivity index (χ3v) is 8.50. The summed E-state index contributed by atoms with van der Waals surface area (Å²) in [5.41, 5.74) is 7.79. The minimum absolute atomic E-state index is 0.580. The number of azo groups is 3. The molecule has 6 heteroatoms. The van der Waals surface area contributed by atoms with Crippen LogP contribution in [0.15, 0.2) is 213 Å². The van der Waals surface area contributed by atoms with E-state index in [9.17, 15) is 0 Å². The molecule has 8 aromatic rings. The van der Waals surface area contributed by atoms with Gasteiger partial charge < -0.3 is 0 Å². The molecule has 0 saturated heterocycles. The smallest absolute Gasteiger partial charge is 0.121 e. The second-order valence-electron chi connectivity index (χ2n) is 11.7. The summed E-state index contributed by atoms with van der Waals surface area (Å²) in [6.45, 7) is 0. The van der Waals surface area contributed by atoms with E-state index in [0.29, 0.717) is 22.7 Å². The lowest BCUT2D eigenvalue weighted by molar-refractivity contribution is 1.17. The van der Waals surface area contributed by atoms with Crippen LogP contribution in [0.3, 0.4) is 0 Å². The Labute approximate surface area is 289 Å². The Morgan fingerprint density at radius 1 is 0.240 bits per heavy atom. The Morgan fingerprint density at radius 3 is 1.06 bits per heavy atom. The number of fused-ring (bicyclic) bond motifs is 2. The van der Waals surface area contributed by atoms with Gasteiger partial charge in [0.1, 0.15) is 22.7 Å². The minimum atomic E-state index is 0.580. The molecule has 0 unspecified atom stereocenters. The molecule has 0 saturated carbocycles. The summed E-state index contributed by atoms with van der Waals surface area (Å²) < 4.78 is 0. The molecule has 0 aliphatic carbocycles. The zero-order valence-corrected chi connectivity index (χ0v) is 27.0. The van der Waals surface area contributed by atoms with Gasteiger partial charge in [0.25, 0.3) is 0 Å². The van der Waals surface area contributed by atoms with Crippen LogP contribution >= 0.6 is 0 Å². The number of benzene rings is 8. The van der Waals surface area contributed by atoms with Crippen LogP contribution in [0, 0.1) is 0 Å². The van der Waals surface area contributed by atoms with Crippen molar-refractivity contribution in [1.82, 2.24) is 0 Å². The maximum absolute atomic E-state index is 4.84. The highest BCUT2D eigenvalue weighted by Crippen LogP contribution is 2.45. The van der Waals surface area contributed by atoms with E-state index in [1.165, 1.54) is 0 Å². The molecule has 0 bridgehead atoms. The molecule has 6 nitrogen and oxygen atoms in total. The molecule has 8 aromatic carbocycles. The molecule has 0 aliphatic heterocycles. The van der Waals surface area contributed by atoms with Crippen LogP contribution in [0.25, 0.3) is 43.8 Å². The molecule has 8 rings (SSSR count). The summed E-state index contributed by atoms with van der Waals surface area (Å²) in [6.07, 6.45) is 0. The largest absolute Gasteiger partial charge is 0.150 e. The zero-order valence-electron chi connectivity index (χ0n) is 27.0. The van der Waals surface area contributed by atoms with E-state index >= 15 is 0 Å². The summed E-state index contributed by atoms with van der Waals surface area (Å²) in [5, 5.41) is 33.0. The Balaban J connectivity index is 1.29. The third kappa shape index (κ3) is 6.33. The van der Waals surface area contributed by atoms with Crippen LogP contribution in [0.2, 0.25) is 0 Å². The molecule has 0 spiro atoms. The number of nitrogens with zero attached hydrogens (tertiary/aromatic N) is 6. The first-order valence-electron chi connectivity index (χ1n) is 16.4. The number of rotatable bonds is 8. The summed E-state index contributed by atoms with van der Waals surface area (Å²) in [6, 6.07) is 60.5. The first kappa shape index (κ1) is 30.4. The van der Waals surface area contributed by atoms with Gasteiger partial charge in [0, 0.05) is 11.1 Å². The molecular weight excluding hydrogens is 613 g/mol. The van der Waals surface area contributed by atoms with E-state index in [1.54, 1.807) is 0 Å². The van der Waals surface area contributed by atoms with Gasteiger partial charge in [-0.3, -0.25) is 0 Å². The van der Waals surface area contributed by atoms with Crippen molar-refractivity contribution in [2.24, 2.45) is 30.7 Å². The molecule has 236 valence electrons. The van der Waals surface area contributed by atoms with Gasteiger partial charge in [0.05, 0.1) is 11.4 Å². The standard InChI is InChI=1S/C44H30N6/c1-3-19-33(20-4-1)45-49-43-39(37-25-11-17-31-15-7-9-23-35(31)37)27-13-29-41(43)47-48-42-30-14-28-40(44(42)50-46-34-21-5-2-6-22-34)38-26-12-18-32-16-8-10-24-36(32)38/h1-30H. The first-order chi connectivity index (χ1) is 24.8. The van der Waals surface area contributed by atoms with E-state index in [4.69, 9.17) is 20.5 Å². The Kier molecular flexibility index (Phi) is 8.55. The summed E-state index contributed by atoms with van der Waals surface area (Å²) in [4.78, 5) is 0. The van der Waals surface area contributed by atoms with Gasteiger partial charge >= 0.3 is 0 Å². The fourth-order valence-corrected chi connectivity index (χ4v) is 6.10. The van der Waals surface area contributed by atoms with Crippen LogP contribution in [0.1, 0.15) is 0 Å². The van der Waals surface area contributed by atoms with Crippen molar-refractivity contribution in [3.63, 3.8) is 0 Å². The van der Waals surface area contributed by atoms with E-state index < -0.39 is 0 Å². The quantitative estimate of drug-likeness (QED) is 0.148. The molecule has 0 N–H and O–H groups in total. The van der Waals surface area contributed by atoms with Gasteiger partial charge in [-0.05, 0) is 69.1 Å². The lowest BCUT2D eigenvalue weighted by Gasteiger charge is -2.12. The lowest BCUT2D eigenvalue weighted by Crippen LogP contribution is -1.84. The zero-order chi connectivity index (χ0) is 33.5. The highest BCUT2D eigenvalue weighted by atomic mass is 15.2. The predicted molar refractivity (Wildman–Crippen MR) is 204 cm³/mol. The van der Waals surface area contributed by atoms with Crippen molar-refractivity contribution < 1.29 is 0 Å².